The van der Waals surface area contributed by atoms with Crippen LogP contribution in [0, 0.1) is 12.8 Å². The van der Waals surface area contributed by atoms with Crippen LogP contribution in [0.2, 0.25) is 0 Å². The fraction of sp³-hybridized carbons (Fsp3) is 0.562. The normalized spacial score (nSPS) is 27.0. The van der Waals surface area contributed by atoms with Crippen LogP contribution >= 0.6 is 0 Å². The van der Waals surface area contributed by atoms with Gasteiger partial charge in [0.05, 0.1) is 6.42 Å². The molecule has 0 bridgehead atoms. The highest BCUT2D eigenvalue weighted by molar-refractivity contribution is 5.79. The Morgan fingerprint density at radius 3 is 2.79 bits per heavy atom. The lowest BCUT2D eigenvalue weighted by Gasteiger charge is -2.36. The first-order valence-corrected chi connectivity index (χ1v) is 7.15. The highest BCUT2D eigenvalue weighted by Crippen LogP contribution is 2.16. The number of rotatable bonds is 3. The third-order valence-corrected chi connectivity index (χ3v) is 4.16. The molecule has 1 aliphatic heterocycles. The molecule has 19 heavy (non-hydrogen) atoms. The van der Waals surface area contributed by atoms with Crippen LogP contribution in [0.4, 0.5) is 0 Å². The predicted molar refractivity (Wildman–Crippen MR) is 78.1 cm³/mol. The second kappa shape index (κ2) is 6.20. The first-order valence-electron chi connectivity index (χ1n) is 7.15. The Bertz CT molecular complexity index is 434. The fourth-order valence-corrected chi connectivity index (χ4v) is 2.82. The van der Waals surface area contributed by atoms with Crippen molar-refractivity contribution < 1.29 is 4.79 Å². The van der Waals surface area contributed by atoms with Gasteiger partial charge in [-0.1, -0.05) is 31.2 Å². The molecule has 3 atom stereocenters. The Morgan fingerprint density at radius 1 is 1.37 bits per heavy atom. The topological polar surface area (TPSA) is 41.1 Å². The van der Waals surface area contributed by atoms with Crippen LogP contribution in [0.5, 0.6) is 0 Å². The standard InChI is InChI=1S/C16H24N2O/c1-11-6-4-5-7-14(11)10-15(19)18-16-12(2)8-9-17-13(16)3/h4-7,12-13,16-17H,8-10H2,1-3H3,(H,18,19). The van der Waals surface area contributed by atoms with Crippen molar-refractivity contribution in [1.82, 2.24) is 10.6 Å². The Balaban J connectivity index is 1.96. The van der Waals surface area contributed by atoms with E-state index in [4.69, 9.17) is 0 Å². The third-order valence-electron chi connectivity index (χ3n) is 4.16. The van der Waals surface area contributed by atoms with Crippen LogP contribution in [0.3, 0.4) is 0 Å². The average Bonchev–Trinajstić information content (AvgIpc) is 2.37. The zero-order chi connectivity index (χ0) is 13.8. The van der Waals surface area contributed by atoms with Crippen molar-refractivity contribution in [2.24, 2.45) is 5.92 Å². The SMILES string of the molecule is Cc1ccccc1CC(=O)NC1C(C)CCNC1C. The summed E-state index contributed by atoms with van der Waals surface area (Å²) in [5.41, 5.74) is 2.30. The van der Waals surface area contributed by atoms with Gasteiger partial charge >= 0.3 is 0 Å². The number of carbonyl (C=O) groups excluding carboxylic acids is 1. The van der Waals surface area contributed by atoms with E-state index in [0.717, 1.165) is 18.5 Å². The number of benzene rings is 1. The molecule has 2 rings (SSSR count). The van der Waals surface area contributed by atoms with Crippen LogP contribution in [0.15, 0.2) is 24.3 Å². The van der Waals surface area contributed by atoms with Gasteiger partial charge in [-0.2, -0.15) is 0 Å². The van der Waals surface area contributed by atoms with E-state index in [1.54, 1.807) is 0 Å². The van der Waals surface area contributed by atoms with Gasteiger partial charge in [0.1, 0.15) is 0 Å². The maximum Gasteiger partial charge on any atom is 0.224 e. The molecule has 1 aromatic carbocycles. The van der Waals surface area contributed by atoms with E-state index in [-0.39, 0.29) is 11.9 Å². The molecule has 3 unspecified atom stereocenters. The van der Waals surface area contributed by atoms with E-state index in [2.05, 4.69) is 37.5 Å². The highest BCUT2D eigenvalue weighted by Gasteiger charge is 2.28. The van der Waals surface area contributed by atoms with E-state index < -0.39 is 0 Å². The van der Waals surface area contributed by atoms with Crippen molar-refractivity contribution in [3.05, 3.63) is 35.4 Å². The van der Waals surface area contributed by atoms with Gasteiger partial charge in [0, 0.05) is 12.1 Å². The third kappa shape index (κ3) is 3.57. The fourth-order valence-electron chi connectivity index (χ4n) is 2.82. The molecule has 1 aliphatic rings. The molecule has 1 heterocycles. The van der Waals surface area contributed by atoms with Crippen molar-refractivity contribution in [1.29, 1.82) is 0 Å². The maximum atomic E-state index is 12.2. The zero-order valence-electron chi connectivity index (χ0n) is 12.1. The number of carbonyl (C=O) groups is 1. The Morgan fingerprint density at radius 2 is 2.11 bits per heavy atom. The molecule has 1 fully saturated rings. The average molecular weight is 260 g/mol. The lowest BCUT2D eigenvalue weighted by Crippen LogP contribution is -2.56. The molecular weight excluding hydrogens is 236 g/mol. The maximum absolute atomic E-state index is 12.2. The molecule has 0 spiro atoms. The number of piperidine rings is 1. The lowest BCUT2D eigenvalue weighted by molar-refractivity contribution is -0.121. The summed E-state index contributed by atoms with van der Waals surface area (Å²) < 4.78 is 0. The van der Waals surface area contributed by atoms with Gasteiger partial charge < -0.3 is 10.6 Å². The molecule has 1 amide bonds. The Hall–Kier alpha value is -1.35. The molecule has 3 nitrogen and oxygen atoms in total. The molecule has 0 saturated carbocycles. The monoisotopic (exact) mass is 260 g/mol. The molecule has 1 saturated heterocycles. The van der Waals surface area contributed by atoms with E-state index in [0.29, 0.717) is 18.4 Å². The lowest BCUT2D eigenvalue weighted by atomic mass is 9.89. The minimum Gasteiger partial charge on any atom is -0.351 e. The smallest absolute Gasteiger partial charge is 0.224 e. The summed E-state index contributed by atoms with van der Waals surface area (Å²) >= 11 is 0. The Kier molecular flexibility index (Phi) is 4.59. The van der Waals surface area contributed by atoms with Crippen LogP contribution < -0.4 is 10.6 Å². The van der Waals surface area contributed by atoms with Crippen LogP contribution in [-0.2, 0) is 11.2 Å². The molecule has 104 valence electrons. The van der Waals surface area contributed by atoms with Crippen molar-refractivity contribution in [2.75, 3.05) is 6.54 Å². The number of aryl methyl sites for hydroxylation is 1. The minimum absolute atomic E-state index is 0.127. The number of hydrogen-bond acceptors (Lipinski definition) is 2. The van der Waals surface area contributed by atoms with E-state index in [1.807, 2.05) is 18.2 Å². The van der Waals surface area contributed by atoms with Crippen LogP contribution in [0.25, 0.3) is 0 Å². The van der Waals surface area contributed by atoms with Gasteiger partial charge in [-0.3, -0.25) is 4.79 Å². The summed E-state index contributed by atoms with van der Waals surface area (Å²) in [6.07, 6.45) is 1.60. The summed E-state index contributed by atoms with van der Waals surface area (Å²) in [6.45, 7) is 7.47. The van der Waals surface area contributed by atoms with Crippen LogP contribution in [0.1, 0.15) is 31.4 Å². The largest absolute Gasteiger partial charge is 0.351 e. The highest BCUT2D eigenvalue weighted by atomic mass is 16.1. The zero-order valence-corrected chi connectivity index (χ0v) is 12.1. The summed E-state index contributed by atoms with van der Waals surface area (Å²) in [4.78, 5) is 12.2. The second-order valence-electron chi connectivity index (χ2n) is 5.71. The van der Waals surface area contributed by atoms with E-state index in [1.165, 1.54) is 5.56 Å². The van der Waals surface area contributed by atoms with E-state index in [9.17, 15) is 4.79 Å². The molecule has 0 aliphatic carbocycles. The summed E-state index contributed by atoms with van der Waals surface area (Å²) in [5.74, 6) is 0.666. The summed E-state index contributed by atoms with van der Waals surface area (Å²) in [5, 5.41) is 6.62. The Labute approximate surface area is 115 Å². The van der Waals surface area contributed by atoms with Gasteiger partial charge in [0.25, 0.3) is 0 Å². The molecular formula is C16H24N2O. The quantitative estimate of drug-likeness (QED) is 0.873. The first-order chi connectivity index (χ1) is 9.08. The van der Waals surface area contributed by atoms with Crippen molar-refractivity contribution in [2.45, 2.75) is 45.7 Å². The summed E-state index contributed by atoms with van der Waals surface area (Å²) in [6, 6.07) is 8.67. The van der Waals surface area contributed by atoms with Gasteiger partial charge in [-0.15, -0.1) is 0 Å². The van der Waals surface area contributed by atoms with Crippen molar-refractivity contribution in [3.63, 3.8) is 0 Å². The first kappa shape index (κ1) is 14.1. The minimum atomic E-state index is 0.127. The van der Waals surface area contributed by atoms with Crippen molar-refractivity contribution in [3.8, 4) is 0 Å². The van der Waals surface area contributed by atoms with Gasteiger partial charge in [-0.25, -0.2) is 0 Å². The molecule has 3 heteroatoms. The number of nitrogens with one attached hydrogen (secondary N) is 2. The number of amides is 1. The number of hydrogen-bond donors (Lipinski definition) is 2. The second-order valence-corrected chi connectivity index (χ2v) is 5.71. The molecule has 0 aromatic heterocycles. The predicted octanol–water partition coefficient (Wildman–Crippen LogP) is 2.04. The summed E-state index contributed by atoms with van der Waals surface area (Å²) in [7, 11) is 0. The van der Waals surface area contributed by atoms with E-state index >= 15 is 0 Å². The molecule has 1 aromatic rings. The van der Waals surface area contributed by atoms with Crippen LogP contribution in [-0.4, -0.2) is 24.5 Å². The van der Waals surface area contributed by atoms with Crippen molar-refractivity contribution >= 4 is 5.91 Å². The van der Waals surface area contributed by atoms with Gasteiger partial charge in [0.2, 0.25) is 5.91 Å². The van der Waals surface area contributed by atoms with Gasteiger partial charge in [0.15, 0.2) is 0 Å². The molecule has 0 radical (unpaired) electrons. The molecule has 2 N–H and O–H groups in total. The van der Waals surface area contributed by atoms with Gasteiger partial charge in [-0.05, 0) is 43.9 Å².